The van der Waals surface area contributed by atoms with Crippen molar-refractivity contribution in [2.24, 2.45) is 4.99 Å². The fourth-order valence-corrected chi connectivity index (χ4v) is 7.01. The normalized spacial score (nSPS) is 18.8. The van der Waals surface area contributed by atoms with Crippen LogP contribution in [0.3, 0.4) is 0 Å². The van der Waals surface area contributed by atoms with Crippen LogP contribution in [-0.2, 0) is 5.54 Å². The molecule has 166 valence electrons. The molecular formula is C28H26F2N2Si. The highest BCUT2D eigenvalue weighted by Gasteiger charge is 2.48. The van der Waals surface area contributed by atoms with Crippen LogP contribution in [0.1, 0.15) is 11.1 Å². The zero-order chi connectivity index (χ0) is 23.2. The highest BCUT2D eigenvalue weighted by molar-refractivity contribution is 6.76. The summed E-state index contributed by atoms with van der Waals surface area (Å²) in [6.45, 7) is 7.04. The van der Waals surface area contributed by atoms with Crippen molar-refractivity contribution in [3.8, 4) is 0 Å². The number of nitrogens with zero attached hydrogens (tertiary/aromatic N) is 1. The maximum Gasteiger partial charge on any atom is 0.123 e. The molecule has 4 aromatic rings. The summed E-state index contributed by atoms with van der Waals surface area (Å²) in [5.41, 5.74) is 4.15. The van der Waals surface area contributed by atoms with Gasteiger partial charge in [0.1, 0.15) is 17.2 Å². The smallest absolute Gasteiger partial charge is 0.123 e. The van der Waals surface area contributed by atoms with Crippen LogP contribution in [0.25, 0.3) is 10.8 Å². The van der Waals surface area contributed by atoms with Gasteiger partial charge in [0.05, 0.1) is 11.4 Å². The Morgan fingerprint density at radius 3 is 2.03 bits per heavy atom. The third kappa shape index (κ3) is 3.98. The van der Waals surface area contributed by atoms with Crippen molar-refractivity contribution < 1.29 is 8.78 Å². The molecule has 33 heavy (non-hydrogen) atoms. The van der Waals surface area contributed by atoms with E-state index in [2.05, 4.69) is 61.4 Å². The van der Waals surface area contributed by atoms with Crippen molar-refractivity contribution in [3.05, 3.63) is 108 Å². The molecule has 0 saturated carbocycles. The first-order chi connectivity index (χ1) is 15.7. The van der Waals surface area contributed by atoms with Gasteiger partial charge in [0.2, 0.25) is 0 Å². The molecular weight excluding hydrogens is 430 g/mol. The van der Waals surface area contributed by atoms with Crippen molar-refractivity contribution in [1.29, 1.82) is 0 Å². The molecule has 1 aliphatic rings. The van der Waals surface area contributed by atoms with E-state index in [1.54, 1.807) is 24.3 Å². The monoisotopic (exact) mass is 456 g/mol. The molecule has 0 saturated heterocycles. The van der Waals surface area contributed by atoms with Gasteiger partial charge in [0.15, 0.2) is 0 Å². The summed E-state index contributed by atoms with van der Waals surface area (Å²) in [6.07, 6.45) is 0. The Morgan fingerprint density at radius 2 is 1.39 bits per heavy atom. The summed E-state index contributed by atoms with van der Waals surface area (Å²) < 4.78 is 27.3. The van der Waals surface area contributed by atoms with Crippen molar-refractivity contribution in [2.75, 3.05) is 5.32 Å². The number of halogens is 2. The number of rotatable bonds is 5. The minimum absolute atomic E-state index is 0.267. The fraction of sp³-hybridized carbons (Fsp3) is 0.179. The van der Waals surface area contributed by atoms with E-state index in [9.17, 15) is 8.78 Å². The Morgan fingerprint density at radius 1 is 0.788 bits per heavy atom. The molecule has 0 amide bonds. The molecule has 0 radical (unpaired) electrons. The lowest BCUT2D eigenvalue weighted by Gasteiger charge is -2.38. The molecule has 0 heterocycles. The largest absolute Gasteiger partial charge is 0.370 e. The van der Waals surface area contributed by atoms with Gasteiger partial charge in [-0.2, -0.15) is 0 Å². The van der Waals surface area contributed by atoms with Crippen LogP contribution >= 0.6 is 0 Å². The quantitative estimate of drug-likeness (QED) is 0.303. The summed E-state index contributed by atoms with van der Waals surface area (Å²) >= 11 is 0. The van der Waals surface area contributed by atoms with Gasteiger partial charge >= 0.3 is 0 Å². The van der Waals surface area contributed by atoms with Crippen LogP contribution in [0.15, 0.2) is 89.9 Å². The van der Waals surface area contributed by atoms with E-state index in [0.717, 1.165) is 28.4 Å². The summed E-state index contributed by atoms with van der Waals surface area (Å²) in [5.74, 6) is -0.551. The van der Waals surface area contributed by atoms with E-state index in [1.165, 1.54) is 35.2 Å². The number of nitrogens with one attached hydrogen (secondary N) is 1. The van der Waals surface area contributed by atoms with Gasteiger partial charge in [-0.05, 0) is 70.9 Å². The number of hydrogen-bond acceptors (Lipinski definition) is 2. The topological polar surface area (TPSA) is 24.4 Å². The average molecular weight is 457 g/mol. The summed E-state index contributed by atoms with van der Waals surface area (Å²) in [7, 11) is -1.66. The van der Waals surface area contributed by atoms with Gasteiger partial charge in [-0.25, -0.2) is 13.8 Å². The molecule has 0 spiro atoms. The molecule has 4 aromatic carbocycles. The Balaban J connectivity index is 1.80. The highest BCUT2D eigenvalue weighted by atomic mass is 28.3. The molecule has 5 heteroatoms. The van der Waals surface area contributed by atoms with Crippen molar-refractivity contribution in [1.82, 2.24) is 0 Å². The number of anilines is 1. The average Bonchev–Trinajstić information content (AvgIpc) is 3.01. The van der Waals surface area contributed by atoms with Crippen LogP contribution in [0, 0.1) is 11.6 Å². The molecule has 1 aliphatic carbocycles. The van der Waals surface area contributed by atoms with Gasteiger partial charge in [-0.3, -0.25) is 0 Å². The highest BCUT2D eigenvalue weighted by Crippen LogP contribution is 2.48. The third-order valence-corrected chi connectivity index (χ3v) is 7.68. The van der Waals surface area contributed by atoms with E-state index >= 15 is 0 Å². The molecule has 0 bridgehead atoms. The van der Waals surface area contributed by atoms with Crippen molar-refractivity contribution >= 4 is 35.9 Å². The van der Waals surface area contributed by atoms with E-state index in [0.29, 0.717) is 5.69 Å². The Kier molecular flexibility index (Phi) is 5.17. The van der Waals surface area contributed by atoms with Crippen LogP contribution in [0.4, 0.5) is 20.2 Å². The maximum atomic E-state index is 13.7. The molecule has 1 atom stereocenters. The zero-order valence-corrected chi connectivity index (χ0v) is 20.0. The first-order valence-electron chi connectivity index (χ1n) is 11.2. The lowest BCUT2D eigenvalue weighted by Crippen LogP contribution is -2.46. The fourth-order valence-electron chi connectivity index (χ4n) is 4.98. The Hall–Kier alpha value is -3.31. The van der Waals surface area contributed by atoms with Crippen LogP contribution < -0.4 is 5.32 Å². The SMILES string of the molecule is C[Si](C)(C)C[C@@]1(Nc2ccc(F)cc2)C(=Nc2ccc(F)cc2)c2cccc3cccc1c23. The number of hydrogen-bond donors (Lipinski definition) is 1. The Bertz CT molecular complexity index is 1350. The second-order valence-corrected chi connectivity index (χ2v) is 15.4. The van der Waals surface area contributed by atoms with E-state index in [1.807, 2.05) is 0 Å². The second-order valence-electron chi connectivity index (χ2n) is 9.92. The zero-order valence-electron chi connectivity index (χ0n) is 19.0. The molecule has 0 fully saturated rings. The van der Waals surface area contributed by atoms with Gasteiger partial charge in [0, 0.05) is 19.3 Å². The lowest BCUT2D eigenvalue weighted by atomic mass is 9.90. The van der Waals surface area contributed by atoms with Crippen molar-refractivity contribution in [2.45, 2.75) is 31.2 Å². The van der Waals surface area contributed by atoms with Crippen molar-refractivity contribution in [3.63, 3.8) is 0 Å². The summed E-state index contributed by atoms with van der Waals surface area (Å²) in [5, 5.41) is 6.14. The molecule has 1 N–H and O–H groups in total. The minimum Gasteiger partial charge on any atom is -0.370 e. The summed E-state index contributed by atoms with van der Waals surface area (Å²) in [4.78, 5) is 5.13. The summed E-state index contributed by atoms with van der Waals surface area (Å²) in [6, 6.07) is 26.4. The van der Waals surface area contributed by atoms with E-state index < -0.39 is 13.6 Å². The first-order valence-corrected chi connectivity index (χ1v) is 14.9. The van der Waals surface area contributed by atoms with Crippen LogP contribution in [-0.4, -0.2) is 13.8 Å². The van der Waals surface area contributed by atoms with Gasteiger partial charge < -0.3 is 5.32 Å². The minimum atomic E-state index is -1.66. The maximum absolute atomic E-state index is 13.7. The van der Waals surface area contributed by atoms with Crippen LogP contribution in [0.5, 0.6) is 0 Å². The predicted octanol–water partition coefficient (Wildman–Crippen LogP) is 7.90. The standard InChI is InChI=1S/C28H26F2N2Si/c1-33(2,3)18-28(32-23-16-12-21(30)13-17-23)25-9-5-7-19-6-4-8-24(26(19)25)27(28)31-22-14-10-20(29)11-15-22/h4-17,32H,18H2,1-3H3/t28-/m0/s1. The van der Waals surface area contributed by atoms with E-state index in [-0.39, 0.29) is 11.6 Å². The van der Waals surface area contributed by atoms with Gasteiger partial charge in [-0.15, -0.1) is 0 Å². The van der Waals surface area contributed by atoms with Crippen LogP contribution in [0.2, 0.25) is 25.7 Å². The molecule has 0 aromatic heterocycles. The first kappa shape index (κ1) is 21.5. The lowest BCUT2D eigenvalue weighted by molar-refractivity contribution is 0.627. The molecule has 5 rings (SSSR count). The van der Waals surface area contributed by atoms with E-state index in [4.69, 9.17) is 4.99 Å². The van der Waals surface area contributed by atoms with Gasteiger partial charge in [-0.1, -0.05) is 56.0 Å². The third-order valence-electron chi connectivity index (χ3n) is 6.09. The Labute approximate surface area is 194 Å². The molecule has 0 unspecified atom stereocenters. The predicted molar refractivity (Wildman–Crippen MR) is 136 cm³/mol. The van der Waals surface area contributed by atoms with Gasteiger partial charge in [0.25, 0.3) is 0 Å². The molecule has 2 nitrogen and oxygen atoms in total. The second kappa shape index (κ2) is 7.92. The number of aliphatic imine (C=N–C) groups is 1. The number of benzene rings is 4. The molecule has 0 aliphatic heterocycles.